The molecular formula is C28H27ClN2O4. The van der Waals surface area contributed by atoms with Crippen molar-refractivity contribution in [3.05, 3.63) is 94.3 Å². The third-order valence-electron chi connectivity index (χ3n) is 6.02. The summed E-state index contributed by atoms with van der Waals surface area (Å²) in [4.78, 5) is 32.0. The van der Waals surface area contributed by atoms with Crippen LogP contribution < -0.4 is 9.64 Å². The van der Waals surface area contributed by atoms with Crippen LogP contribution in [0.1, 0.15) is 48.9 Å². The maximum Gasteiger partial charge on any atom is 0.300 e. The van der Waals surface area contributed by atoms with Gasteiger partial charge in [0, 0.05) is 28.7 Å². The zero-order chi connectivity index (χ0) is 24.9. The van der Waals surface area contributed by atoms with Gasteiger partial charge in [-0.2, -0.15) is 0 Å². The van der Waals surface area contributed by atoms with Gasteiger partial charge < -0.3 is 9.84 Å². The number of aryl methyl sites for hydroxylation is 1. The first-order valence-corrected chi connectivity index (χ1v) is 12.0. The third kappa shape index (κ3) is 5.08. The highest BCUT2D eigenvalue weighted by Gasteiger charge is 2.47. The lowest BCUT2D eigenvalue weighted by atomic mass is 9.96. The number of aliphatic hydroxyl groups is 1. The summed E-state index contributed by atoms with van der Waals surface area (Å²) in [5.41, 5.74) is 2.32. The number of ketones is 1. The maximum atomic E-state index is 13.2. The number of hydrogen-bond donors (Lipinski definition) is 1. The molecule has 3 aromatic rings. The molecule has 0 bridgehead atoms. The molecular weight excluding hydrogens is 464 g/mol. The molecule has 1 atom stereocenters. The van der Waals surface area contributed by atoms with Crippen molar-refractivity contribution in [2.75, 3.05) is 11.5 Å². The number of pyridine rings is 1. The largest absolute Gasteiger partial charge is 0.507 e. The number of rotatable bonds is 8. The average molecular weight is 491 g/mol. The van der Waals surface area contributed by atoms with Gasteiger partial charge in [0.2, 0.25) is 0 Å². The second kappa shape index (κ2) is 10.7. The van der Waals surface area contributed by atoms with E-state index in [4.69, 9.17) is 16.3 Å². The minimum Gasteiger partial charge on any atom is -0.507 e. The molecule has 35 heavy (non-hydrogen) atoms. The van der Waals surface area contributed by atoms with Crippen LogP contribution >= 0.6 is 11.6 Å². The summed E-state index contributed by atoms with van der Waals surface area (Å²) >= 11 is 6.32. The number of aliphatic hydroxyl groups excluding tert-OH is 1. The number of Topliss-reactive ketones (excluding diaryl/α,β-unsaturated/α-hetero) is 1. The van der Waals surface area contributed by atoms with Gasteiger partial charge in [-0.1, -0.05) is 43.5 Å². The quantitative estimate of drug-likeness (QED) is 0.175. The number of unbranched alkanes of at least 4 members (excludes halogenated alkanes) is 2. The highest BCUT2D eigenvalue weighted by atomic mass is 35.5. The van der Waals surface area contributed by atoms with Crippen LogP contribution in [-0.4, -0.2) is 28.4 Å². The van der Waals surface area contributed by atoms with Crippen molar-refractivity contribution in [2.24, 2.45) is 0 Å². The van der Waals surface area contributed by atoms with Crippen molar-refractivity contribution >= 4 is 34.7 Å². The van der Waals surface area contributed by atoms with Crippen molar-refractivity contribution in [1.82, 2.24) is 4.98 Å². The first-order chi connectivity index (χ1) is 16.9. The Morgan fingerprint density at radius 1 is 1.11 bits per heavy atom. The molecule has 1 saturated heterocycles. The van der Waals surface area contributed by atoms with Gasteiger partial charge in [-0.15, -0.1) is 0 Å². The Bertz CT molecular complexity index is 1260. The molecule has 4 rings (SSSR count). The Morgan fingerprint density at radius 3 is 2.54 bits per heavy atom. The molecule has 1 aliphatic heterocycles. The summed E-state index contributed by atoms with van der Waals surface area (Å²) in [5.74, 6) is -1.09. The highest BCUT2D eigenvalue weighted by molar-refractivity contribution is 6.51. The third-order valence-corrected chi connectivity index (χ3v) is 6.43. The van der Waals surface area contributed by atoms with E-state index in [1.807, 2.05) is 6.92 Å². The number of benzene rings is 2. The molecule has 7 heteroatoms. The van der Waals surface area contributed by atoms with Crippen molar-refractivity contribution in [2.45, 2.75) is 39.2 Å². The van der Waals surface area contributed by atoms with E-state index >= 15 is 0 Å². The maximum absolute atomic E-state index is 13.2. The van der Waals surface area contributed by atoms with Crippen LogP contribution in [0.25, 0.3) is 5.76 Å². The monoisotopic (exact) mass is 490 g/mol. The Balaban J connectivity index is 1.75. The molecule has 0 radical (unpaired) electrons. The summed E-state index contributed by atoms with van der Waals surface area (Å²) in [6.45, 7) is 4.61. The Kier molecular flexibility index (Phi) is 7.51. The number of halogens is 1. The molecule has 1 aliphatic rings. The van der Waals surface area contributed by atoms with Crippen LogP contribution in [0.15, 0.2) is 72.6 Å². The van der Waals surface area contributed by atoms with E-state index in [9.17, 15) is 14.7 Å². The van der Waals surface area contributed by atoms with Crippen molar-refractivity contribution in [3.63, 3.8) is 0 Å². The van der Waals surface area contributed by atoms with E-state index < -0.39 is 17.7 Å². The molecule has 1 unspecified atom stereocenters. The SMILES string of the molecule is CCCCCOc1ccc(/C(O)=C2\C(=O)C(=O)N(c3ccc(C)c(Cl)c3)C2c2cccnc2)cc1. The van der Waals surface area contributed by atoms with Crippen LogP contribution in [0, 0.1) is 6.92 Å². The number of nitrogens with zero attached hydrogens (tertiary/aromatic N) is 2. The van der Waals surface area contributed by atoms with Crippen molar-refractivity contribution in [3.8, 4) is 5.75 Å². The Morgan fingerprint density at radius 2 is 1.89 bits per heavy atom. The first kappa shape index (κ1) is 24.5. The summed E-state index contributed by atoms with van der Waals surface area (Å²) < 4.78 is 5.74. The summed E-state index contributed by atoms with van der Waals surface area (Å²) in [5, 5.41) is 11.7. The fourth-order valence-electron chi connectivity index (χ4n) is 4.09. The van der Waals surface area contributed by atoms with E-state index in [-0.39, 0.29) is 11.3 Å². The van der Waals surface area contributed by atoms with Crippen LogP contribution in [-0.2, 0) is 9.59 Å². The number of ether oxygens (including phenoxy) is 1. The summed E-state index contributed by atoms with van der Waals surface area (Å²) in [6, 6.07) is 14.7. The van der Waals surface area contributed by atoms with Gasteiger partial charge in [-0.25, -0.2) is 0 Å². The van der Waals surface area contributed by atoms with Crippen molar-refractivity contribution in [1.29, 1.82) is 0 Å². The predicted octanol–water partition coefficient (Wildman–Crippen LogP) is 6.24. The van der Waals surface area contributed by atoms with Crippen molar-refractivity contribution < 1.29 is 19.4 Å². The first-order valence-electron chi connectivity index (χ1n) is 11.6. The highest BCUT2D eigenvalue weighted by Crippen LogP contribution is 2.42. The molecule has 2 heterocycles. The Hall–Kier alpha value is -3.64. The van der Waals surface area contributed by atoms with Gasteiger partial charge in [0.05, 0.1) is 18.2 Å². The fraction of sp³-hybridized carbons (Fsp3) is 0.250. The molecule has 1 fully saturated rings. The van der Waals surface area contributed by atoms with Gasteiger partial charge in [0.15, 0.2) is 0 Å². The molecule has 2 aromatic carbocycles. The van der Waals surface area contributed by atoms with E-state index in [0.29, 0.717) is 34.2 Å². The smallest absolute Gasteiger partial charge is 0.300 e. The average Bonchev–Trinajstić information content (AvgIpc) is 3.14. The van der Waals surface area contributed by atoms with Gasteiger partial charge in [-0.05, 0) is 66.9 Å². The van der Waals surface area contributed by atoms with Gasteiger partial charge in [-0.3, -0.25) is 19.5 Å². The second-order valence-corrected chi connectivity index (χ2v) is 8.88. The van der Waals surface area contributed by atoms with Gasteiger partial charge in [0.1, 0.15) is 11.5 Å². The topological polar surface area (TPSA) is 79.7 Å². The van der Waals surface area contributed by atoms with E-state index in [2.05, 4.69) is 11.9 Å². The number of anilines is 1. The molecule has 1 aromatic heterocycles. The normalized spacial score (nSPS) is 17.1. The molecule has 0 aliphatic carbocycles. The number of carbonyl (C=O) groups excluding carboxylic acids is 2. The zero-order valence-corrected chi connectivity index (χ0v) is 20.5. The minimum atomic E-state index is -0.854. The van der Waals surface area contributed by atoms with Crippen LogP contribution in [0.2, 0.25) is 5.02 Å². The molecule has 0 spiro atoms. The number of hydrogen-bond acceptors (Lipinski definition) is 5. The van der Waals surface area contributed by atoms with Gasteiger partial charge >= 0.3 is 0 Å². The van der Waals surface area contributed by atoms with E-state index in [0.717, 1.165) is 24.8 Å². The van der Waals surface area contributed by atoms with Crippen LogP contribution in [0.3, 0.4) is 0 Å². The lowest BCUT2D eigenvalue weighted by molar-refractivity contribution is -0.132. The number of amides is 1. The minimum absolute atomic E-state index is 0.00342. The predicted molar refractivity (Wildman–Crippen MR) is 137 cm³/mol. The molecule has 6 nitrogen and oxygen atoms in total. The number of carbonyl (C=O) groups is 2. The molecule has 0 saturated carbocycles. The van der Waals surface area contributed by atoms with Crippen LogP contribution in [0.5, 0.6) is 5.75 Å². The summed E-state index contributed by atoms with van der Waals surface area (Å²) in [7, 11) is 0. The lowest BCUT2D eigenvalue weighted by Gasteiger charge is -2.25. The molecule has 180 valence electrons. The summed E-state index contributed by atoms with van der Waals surface area (Å²) in [6.07, 6.45) is 6.37. The fourth-order valence-corrected chi connectivity index (χ4v) is 4.26. The molecule has 1 amide bonds. The number of aromatic nitrogens is 1. The van der Waals surface area contributed by atoms with E-state index in [1.165, 1.54) is 4.90 Å². The van der Waals surface area contributed by atoms with Crippen LogP contribution in [0.4, 0.5) is 5.69 Å². The second-order valence-electron chi connectivity index (χ2n) is 8.47. The van der Waals surface area contributed by atoms with E-state index in [1.54, 1.807) is 67.0 Å². The zero-order valence-electron chi connectivity index (χ0n) is 19.7. The standard InChI is InChI=1S/C28H27ClN2O4/c1-3-4-5-15-35-22-12-9-19(10-13-22)26(32)24-25(20-7-6-14-30-17-20)31(28(34)27(24)33)21-11-8-18(2)23(29)16-21/h6-14,16-17,25,32H,3-5,15H2,1-2H3/b26-24+. The Labute approximate surface area is 209 Å². The molecule has 1 N–H and O–H groups in total. The van der Waals surface area contributed by atoms with Gasteiger partial charge in [0.25, 0.3) is 11.7 Å². The lowest BCUT2D eigenvalue weighted by Crippen LogP contribution is -2.29.